The Kier molecular flexibility index (Phi) is 3.58. The molecular weight excluding hydrogens is 248 g/mol. The summed E-state index contributed by atoms with van der Waals surface area (Å²) in [6.45, 7) is 0.342. The van der Waals surface area contributed by atoms with Crippen molar-refractivity contribution in [3.8, 4) is 0 Å². The summed E-state index contributed by atoms with van der Waals surface area (Å²) in [5, 5.41) is 28.9. The van der Waals surface area contributed by atoms with Crippen LogP contribution in [0.1, 0.15) is 19.3 Å². The Morgan fingerprint density at radius 2 is 2.11 bits per heavy atom. The molecule has 106 valence electrons. The fraction of sp³-hybridized carbons (Fsp3) is 0.769. The van der Waals surface area contributed by atoms with Gasteiger partial charge in [-0.15, -0.1) is 0 Å². The minimum atomic E-state index is -1.05. The third-order valence-corrected chi connectivity index (χ3v) is 4.21. The SMILES string of the molecule is OC[C@H]1O[C@@H](C2=CN(C3CCC3)CN=C2)[C@H](O)[C@@H]1O. The predicted molar refractivity (Wildman–Crippen MR) is 68.7 cm³/mol. The Morgan fingerprint density at radius 1 is 1.32 bits per heavy atom. The first-order chi connectivity index (χ1) is 9.20. The van der Waals surface area contributed by atoms with Gasteiger partial charge in [0.25, 0.3) is 0 Å². The zero-order valence-corrected chi connectivity index (χ0v) is 10.7. The van der Waals surface area contributed by atoms with Crippen LogP contribution in [0.4, 0.5) is 0 Å². The van der Waals surface area contributed by atoms with Crippen LogP contribution < -0.4 is 0 Å². The molecule has 0 unspecified atom stereocenters. The van der Waals surface area contributed by atoms with Crippen LogP contribution in [0.15, 0.2) is 16.8 Å². The van der Waals surface area contributed by atoms with Gasteiger partial charge in [-0.1, -0.05) is 0 Å². The highest BCUT2D eigenvalue weighted by atomic mass is 16.6. The van der Waals surface area contributed by atoms with Crippen LogP contribution in [-0.4, -0.2) is 70.2 Å². The molecule has 19 heavy (non-hydrogen) atoms. The Bertz CT molecular complexity index is 394. The third-order valence-electron chi connectivity index (χ3n) is 4.21. The number of nitrogens with zero attached hydrogens (tertiary/aromatic N) is 2. The van der Waals surface area contributed by atoms with E-state index in [1.807, 2.05) is 6.20 Å². The molecule has 1 aliphatic carbocycles. The number of aliphatic hydroxyl groups is 3. The summed E-state index contributed by atoms with van der Waals surface area (Å²) in [5.41, 5.74) is 0.764. The maximum atomic E-state index is 10.0. The molecule has 3 aliphatic rings. The van der Waals surface area contributed by atoms with Crippen molar-refractivity contribution in [3.05, 3.63) is 11.8 Å². The lowest BCUT2D eigenvalue weighted by atomic mass is 9.91. The number of rotatable bonds is 3. The van der Waals surface area contributed by atoms with E-state index >= 15 is 0 Å². The van der Waals surface area contributed by atoms with Gasteiger partial charge < -0.3 is 25.0 Å². The monoisotopic (exact) mass is 268 g/mol. The highest BCUT2D eigenvalue weighted by Gasteiger charge is 2.44. The van der Waals surface area contributed by atoms with Gasteiger partial charge >= 0.3 is 0 Å². The van der Waals surface area contributed by atoms with Crippen LogP contribution in [0.3, 0.4) is 0 Å². The summed E-state index contributed by atoms with van der Waals surface area (Å²) in [5.74, 6) is 0. The molecular formula is C13H20N2O4. The summed E-state index contributed by atoms with van der Waals surface area (Å²) in [7, 11) is 0. The Balaban J connectivity index is 1.74. The molecule has 0 spiro atoms. The van der Waals surface area contributed by atoms with E-state index in [2.05, 4.69) is 9.89 Å². The van der Waals surface area contributed by atoms with Gasteiger partial charge in [0.15, 0.2) is 0 Å². The van der Waals surface area contributed by atoms with Crippen LogP contribution in [0.25, 0.3) is 0 Å². The second-order valence-corrected chi connectivity index (χ2v) is 5.44. The number of aliphatic imine (C=N–C) groups is 1. The topological polar surface area (TPSA) is 85.5 Å². The highest BCUT2D eigenvalue weighted by molar-refractivity contribution is 5.80. The zero-order valence-electron chi connectivity index (χ0n) is 10.7. The lowest BCUT2D eigenvalue weighted by Crippen LogP contribution is -2.40. The van der Waals surface area contributed by atoms with E-state index in [1.54, 1.807) is 6.21 Å². The summed E-state index contributed by atoms with van der Waals surface area (Å²) in [6.07, 6.45) is 3.85. The molecule has 2 aliphatic heterocycles. The first kappa shape index (κ1) is 13.1. The van der Waals surface area contributed by atoms with Gasteiger partial charge in [-0.3, -0.25) is 4.99 Å². The molecule has 0 bridgehead atoms. The summed E-state index contributed by atoms with van der Waals surface area (Å²) < 4.78 is 5.52. The van der Waals surface area contributed by atoms with Crippen LogP contribution in [-0.2, 0) is 4.74 Å². The standard InChI is InChI=1S/C13H20N2O4/c16-6-10-11(17)12(18)13(19-10)8-4-14-7-15(5-8)9-2-1-3-9/h4-5,9-13,16-18H,1-3,6-7H2/t10-,11-,12-,13+/m1/s1. The van der Waals surface area contributed by atoms with E-state index in [1.165, 1.54) is 19.3 Å². The number of ether oxygens (including phenoxy) is 1. The summed E-state index contributed by atoms with van der Waals surface area (Å²) in [4.78, 5) is 6.46. The average Bonchev–Trinajstić information content (AvgIpc) is 2.64. The van der Waals surface area contributed by atoms with Crippen molar-refractivity contribution >= 4 is 6.21 Å². The van der Waals surface area contributed by atoms with Crippen LogP contribution >= 0.6 is 0 Å². The second-order valence-electron chi connectivity index (χ2n) is 5.44. The van der Waals surface area contributed by atoms with Gasteiger partial charge in [-0.2, -0.15) is 0 Å². The Labute approximate surface area is 112 Å². The zero-order chi connectivity index (χ0) is 13.4. The predicted octanol–water partition coefficient (Wildman–Crippen LogP) is -0.752. The van der Waals surface area contributed by atoms with Crippen molar-refractivity contribution in [1.82, 2.24) is 4.90 Å². The molecule has 6 nitrogen and oxygen atoms in total. The molecule has 0 aromatic rings. The van der Waals surface area contributed by atoms with Crippen LogP contribution in [0, 0.1) is 0 Å². The number of hydrogen-bond acceptors (Lipinski definition) is 6. The minimum absolute atomic E-state index is 0.300. The normalized spacial score (nSPS) is 39.3. The fourth-order valence-electron chi connectivity index (χ4n) is 2.77. The molecule has 6 heteroatoms. The summed E-state index contributed by atoms with van der Waals surface area (Å²) >= 11 is 0. The molecule has 0 aromatic carbocycles. The van der Waals surface area contributed by atoms with E-state index < -0.39 is 24.4 Å². The highest BCUT2D eigenvalue weighted by Crippen LogP contribution is 2.30. The molecule has 0 amide bonds. The van der Waals surface area contributed by atoms with Crippen molar-refractivity contribution in [2.24, 2.45) is 4.99 Å². The lowest BCUT2D eigenvalue weighted by Gasteiger charge is -2.38. The first-order valence-electron chi connectivity index (χ1n) is 6.80. The maximum Gasteiger partial charge on any atom is 0.114 e. The molecule has 2 fully saturated rings. The quantitative estimate of drug-likeness (QED) is 0.627. The van der Waals surface area contributed by atoms with Crippen molar-refractivity contribution in [2.75, 3.05) is 13.3 Å². The smallest absolute Gasteiger partial charge is 0.114 e. The van der Waals surface area contributed by atoms with E-state index in [-0.39, 0.29) is 6.61 Å². The molecule has 3 rings (SSSR count). The van der Waals surface area contributed by atoms with E-state index in [0.29, 0.717) is 12.7 Å². The van der Waals surface area contributed by atoms with Crippen LogP contribution in [0.2, 0.25) is 0 Å². The molecule has 0 aromatic heterocycles. The third kappa shape index (κ3) is 2.29. The van der Waals surface area contributed by atoms with Gasteiger partial charge in [0.1, 0.15) is 31.1 Å². The van der Waals surface area contributed by atoms with Gasteiger partial charge in [0.2, 0.25) is 0 Å². The van der Waals surface area contributed by atoms with Crippen molar-refractivity contribution < 1.29 is 20.1 Å². The number of aliphatic hydroxyl groups excluding tert-OH is 3. The first-order valence-corrected chi connectivity index (χ1v) is 6.80. The van der Waals surface area contributed by atoms with Gasteiger partial charge in [-0.05, 0) is 19.3 Å². The van der Waals surface area contributed by atoms with Crippen molar-refractivity contribution in [2.45, 2.75) is 49.7 Å². The van der Waals surface area contributed by atoms with Gasteiger partial charge in [0, 0.05) is 24.0 Å². The minimum Gasteiger partial charge on any atom is -0.394 e. The Hall–Kier alpha value is -0.950. The molecule has 2 heterocycles. The van der Waals surface area contributed by atoms with E-state index in [0.717, 1.165) is 5.57 Å². The van der Waals surface area contributed by atoms with Crippen molar-refractivity contribution in [1.29, 1.82) is 0 Å². The molecule has 4 atom stereocenters. The molecule has 0 radical (unpaired) electrons. The fourth-order valence-corrected chi connectivity index (χ4v) is 2.77. The van der Waals surface area contributed by atoms with E-state index in [4.69, 9.17) is 9.84 Å². The van der Waals surface area contributed by atoms with Gasteiger partial charge in [0.05, 0.1) is 6.61 Å². The average molecular weight is 268 g/mol. The second kappa shape index (κ2) is 5.20. The molecule has 3 N–H and O–H groups in total. The van der Waals surface area contributed by atoms with Crippen molar-refractivity contribution in [3.63, 3.8) is 0 Å². The molecule has 1 saturated heterocycles. The maximum absolute atomic E-state index is 10.0. The molecule has 1 saturated carbocycles. The van der Waals surface area contributed by atoms with Crippen LogP contribution in [0.5, 0.6) is 0 Å². The largest absolute Gasteiger partial charge is 0.394 e. The van der Waals surface area contributed by atoms with Gasteiger partial charge in [-0.25, -0.2) is 0 Å². The summed E-state index contributed by atoms with van der Waals surface area (Å²) in [6, 6.07) is 0.532. The lowest BCUT2D eigenvalue weighted by molar-refractivity contribution is -0.0134. The Morgan fingerprint density at radius 3 is 2.68 bits per heavy atom. The van der Waals surface area contributed by atoms with E-state index in [9.17, 15) is 10.2 Å². The number of hydrogen-bond donors (Lipinski definition) is 3.